The van der Waals surface area contributed by atoms with Gasteiger partial charge in [0.05, 0.1) is 20.1 Å². The molecule has 0 bridgehead atoms. The molecule has 0 aliphatic carbocycles. The molecule has 6 heteroatoms. The minimum absolute atomic E-state index is 0.0647. The van der Waals surface area contributed by atoms with Gasteiger partial charge in [-0.05, 0) is 34.2 Å². The average Bonchev–Trinajstić information content (AvgIpc) is 2.17. The Morgan fingerprint density at radius 1 is 1.64 bits per heavy atom. The molecule has 0 aliphatic rings. The van der Waals surface area contributed by atoms with E-state index in [9.17, 15) is 10.1 Å². The second kappa shape index (κ2) is 4.34. The molecule has 0 fully saturated rings. The number of benzene rings is 1. The number of nitrogens with zero attached hydrogens (tertiary/aromatic N) is 2. The fourth-order valence-corrected chi connectivity index (χ4v) is 1.74. The summed E-state index contributed by atoms with van der Waals surface area (Å²) in [7, 11) is 0. The molecule has 1 rings (SSSR count). The Morgan fingerprint density at radius 2 is 2.29 bits per heavy atom. The first-order chi connectivity index (χ1) is 6.60. The van der Waals surface area contributed by atoms with Crippen LogP contribution in [0.5, 0.6) is 0 Å². The van der Waals surface area contributed by atoms with Crippen molar-refractivity contribution < 1.29 is 4.92 Å². The van der Waals surface area contributed by atoms with E-state index in [1.807, 2.05) is 28.7 Å². The van der Waals surface area contributed by atoms with Gasteiger partial charge in [0.2, 0.25) is 0 Å². The van der Waals surface area contributed by atoms with Gasteiger partial charge >= 0.3 is 0 Å². The van der Waals surface area contributed by atoms with Gasteiger partial charge in [-0.25, -0.2) is 0 Å². The standard InChI is InChI=1S/C8H6IN3O2/c9-8-6(4-11)1-5(3-10)2-7(8)12(13)14/h1-2H,4,11H2. The number of nitro benzene ring substituents is 1. The van der Waals surface area contributed by atoms with Gasteiger partial charge in [0.25, 0.3) is 5.69 Å². The highest BCUT2D eigenvalue weighted by Crippen LogP contribution is 2.25. The average molecular weight is 303 g/mol. The molecule has 72 valence electrons. The van der Waals surface area contributed by atoms with E-state index in [1.165, 1.54) is 6.07 Å². The van der Waals surface area contributed by atoms with Crippen LogP contribution in [-0.2, 0) is 6.54 Å². The normalized spacial score (nSPS) is 9.50. The summed E-state index contributed by atoms with van der Waals surface area (Å²) in [6.45, 7) is 0.189. The van der Waals surface area contributed by atoms with Crippen LogP contribution in [0.1, 0.15) is 11.1 Å². The minimum Gasteiger partial charge on any atom is -0.326 e. The van der Waals surface area contributed by atoms with Crippen LogP contribution in [0.4, 0.5) is 5.69 Å². The van der Waals surface area contributed by atoms with Gasteiger partial charge in [0.15, 0.2) is 0 Å². The largest absolute Gasteiger partial charge is 0.326 e. The molecule has 0 saturated carbocycles. The van der Waals surface area contributed by atoms with E-state index in [-0.39, 0.29) is 17.8 Å². The topological polar surface area (TPSA) is 93.0 Å². The van der Waals surface area contributed by atoms with Crippen molar-refractivity contribution in [3.05, 3.63) is 36.9 Å². The fraction of sp³-hybridized carbons (Fsp3) is 0.125. The summed E-state index contributed by atoms with van der Waals surface area (Å²) >= 11 is 1.86. The van der Waals surface area contributed by atoms with Gasteiger partial charge < -0.3 is 5.73 Å². The number of halogens is 1. The lowest BCUT2D eigenvalue weighted by atomic mass is 10.1. The Morgan fingerprint density at radius 3 is 2.71 bits per heavy atom. The lowest BCUT2D eigenvalue weighted by molar-refractivity contribution is -0.385. The molecule has 0 aromatic heterocycles. The Hall–Kier alpha value is -1.20. The summed E-state index contributed by atoms with van der Waals surface area (Å²) in [5.41, 5.74) is 6.23. The molecule has 0 spiro atoms. The van der Waals surface area contributed by atoms with Crippen LogP contribution in [-0.4, -0.2) is 4.92 Å². The van der Waals surface area contributed by atoms with Crippen LogP contribution in [0.2, 0.25) is 0 Å². The zero-order chi connectivity index (χ0) is 10.7. The molecule has 5 nitrogen and oxygen atoms in total. The minimum atomic E-state index is -0.512. The molecule has 14 heavy (non-hydrogen) atoms. The van der Waals surface area contributed by atoms with E-state index in [0.29, 0.717) is 9.13 Å². The highest BCUT2D eigenvalue weighted by Gasteiger charge is 2.16. The van der Waals surface area contributed by atoms with Gasteiger partial charge in [-0.1, -0.05) is 0 Å². The van der Waals surface area contributed by atoms with Crippen LogP contribution in [0.25, 0.3) is 0 Å². The van der Waals surface area contributed by atoms with Crippen LogP contribution >= 0.6 is 22.6 Å². The maximum absolute atomic E-state index is 10.6. The smallest absolute Gasteiger partial charge is 0.284 e. The van der Waals surface area contributed by atoms with Crippen LogP contribution in [0.3, 0.4) is 0 Å². The summed E-state index contributed by atoms with van der Waals surface area (Å²) in [4.78, 5) is 10.1. The maximum atomic E-state index is 10.6. The van der Waals surface area contributed by atoms with Crippen molar-refractivity contribution in [1.82, 2.24) is 0 Å². The number of nitro groups is 1. The molecule has 0 atom stereocenters. The zero-order valence-corrected chi connectivity index (χ0v) is 9.19. The molecule has 1 aromatic carbocycles. The van der Waals surface area contributed by atoms with E-state index in [4.69, 9.17) is 11.0 Å². The Labute approximate surface area is 93.8 Å². The third-order valence-electron chi connectivity index (χ3n) is 1.67. The summed E-state index contributed by atoms with van der Waals surface area (Å²) in [5, 5.41) is 19.2. The molecular weight excluding hydrogens is 297 g/mol. The Bertz CT molecular complexity index is 425. The number of nitriles is 1. The zero-order valence-electron chi connectivity index (χ0n) is 7.03. The highest BCUT2D eigenvalue weighted by molar-refractivity contribution is 14.1. The van der Waals surface area contributed by atoms with E-state index in [0.717, 1.165) is 0 Å². The monoisotopic (exact) mass is 303 g/mol. The maximum Gasteiger partial charge on any atom is 0.284 e. The predicted molar refractivity (Wildman–Crippen MR) is 58.4 cm³/mol. The summed E-state index contributed by atoms with van der Waals surface area (Å²) in [6, 6.07) is 4.68. The number of hydrogen-bond acceptors (Lipinski definition) is 4. The molecule has 1 aromatic rings. The van der Waals surface area contributed by atoms with E-state index in [1.54, 1.807) is 6.07 Å². The second-order valence-electron chi connectivity index (χ2n) is 2.54. The van der Waals surface area contributed by atoms with Crippen molar-refractivity contribution in [3.8, 4) is 6.07 Å². The van der Waals surface area contributed by atoms with E-state index >= 15 is 0 Å². The summed E-state index contributed by atoms with van der Waals surface area (Å²) < 4.78 is 0.495. The molecule has 0 radical (unpaired) electrons. The molecule has 0 amide bonds. The van der Waals surface area contributed by atoms with Crippen molar-refractivity contribution in [2.24, 2.45) is 5.73 Å². The summed E-state index contributed by atoms with van der Waals surface area (Å²) in [6.07, 6.45) is 0. The van der Waals surface area contributed by atoms with Crippen molar-refractivity contribution in [2.75, 3.05) is 0 Å². The van der Waals surface area contributed by atoms with Crippen molar-refractivity contribution in [1.29, 1.82) is 5.26 Å². The van der Waals surface area contributed by atoms with Gasteiger partial charge in [-0.15, -0.1) is 0 Å². The third kappa shape index (κ3) is 2.00. The Kier molecular flexibility index (Phi) is 3.38. The van der Waals surface area contributed by atoms with Crippen molar-refractivity contribution >= 4 is 28.3 Å². The number of hydrogen-bond donors (Lipinski definition) is 1. The quantitative estimate of drug-likeness (QED) is 0.509. The third-order valence-corrected chi connectivity index (χ3v) is 2.92. The molecule has 0 unspecified atom stereocenters. The highest BCUT2D eigenvalue weighted by atomic mass is 127. The lowest BCUT2D eigenvalue weighted by Gasteiger charge is -2.02. The lowest BCUT2D eigenvalue weighted by Crippen LogP contribution is -2.03. The Balaban J connectivity index is 3.44. The van der Waals surface area contributed by atoms with E-state index < -0.39 is 4.92 Å². The van der Waals surface area contributed by atoms with Crippen LogP contribution in [0.15, 0.2) is 12.1 Å². The molecular formula is C8H6IN3O2. The molecule has 0 saturated heterocycles. The van der Waals surface area contributed by atoms with Crippen LogP contribution in [0, 0.1) is 25.0 Å². The molecule has 0 aliphatic heterocycles. The van der Waals surface area contributed by atoms with Crippen molar-refractivity contribution in [2.45, 2.75) is 6.54 Å². The molecule has 0 heterocycles. The predicted octanol–water partition coefficient (Wildman–Crippen LogP) is 1.53. The number of rotatable bonds is 2. The molecule has 2 N–H and O–H groups in total. The van der Waals surface area contributed by atoms with Gasteiger partial charge in [-0.3, -0.25) is 10.1 Å². The first-order valence-corrected chi connectivity index (χ1v) is 4.75. The fourth-order valence-electron chi connectivity index (χ4n) is 1.01. The second-order valence-corrected chi connectivity index (χ2v) is 3.62. The van der Waals surface area contributed by atoms with Crippen molar-refractivity contribution in [3.63, 3.8) is 0 Å². The summed E-state index contributed by atoms with van der Waals surface area (Å²) in [5.74, 6) is 0. The van der Waals surface area contributed by atoms with Gasteiger partial charge in [-0.2, -0.15) is 5.26 Å². The number of nitrogens with two attached hydrogens (primary N) is 1. The SMILES string of the molecule is N#Cc1cc(CN)c(I)c([N+](=O)[O-])c1. The van der Waals surface area contributed by atoms with Gasteiger partial charge in [0, 0.05) is 12.6 Å². The van der Waals surface area contributed by atoms with E-state index in [2.05, 4.69) is 0 Å². The first kappa shape index (κ1) is 10.9. The van der Waals surface area contributed by atoms with Gasteiger partial charge in [0.1, 0.15) is 0 Å². The first-order valence-electron chi connectivity index (χ1n) is 3.67. The van der Waals surface area contributed by atoms with Crippen LogP contribution < -0.4 is 5.73 Å².